The molecule has 0 aliphatic carbocycles. The van der Waals surface area contributed by atoms with Gasteiger partial charge in [0.05, 0.1) is 0 Å². The van der Waals surface area contributed by atoms with Crippen LogP contribution in [0.15, 0.2) is 41.1 Å². The first-order valence-corrected chi connectivity index (χ1v) is 5.59. The topological polar surface area (TPSA) is 55.1 Å². The molecule has 17 heavy (non-hydrogen) atoms. The molecule has 4 nitrogen and oxygen atoms in total. The monoisotopic (exact) mass is 230 g/mol. The summed E-state index contributed by atoms with van der Waals surface area (Å²) in [5.41, 5.74) is 0.863. The van der Waals surface area contributed by atoms with Crippen molar-refractivity contribution in [2.24, 2.45) is 0 Å². The Morgan fingerprint density at radius 1 is 1.41 bits per heavy atom. The molecule has 1 N–H and O–H groups in total. The summed E-state index contributed by atoms with van der Waals surface area (Å²) in [5.74, 6) is 0.805. The molecule has 2 rings (SSSR count). The quantitative estimate of drug-likeness (QED) is 0.877. The largest absolute Gasteiger partial charge is 0.451 e. The molecule has 0 unspecified atom stereocenters. The van der Waals surface area contributed by atoms with E-state index in [0.717, 1.165) is 12.0 Å². The zero-order chi connectivity index (χ0) is 12.1. The van der Waals surface area contributed by atoms with Crippen molar-refractivity contribution in [2.45, 2.75) is 13.3 Å². The van der Waals surface area contributed by atoms with E-state index in [0.29, 0.717) is 18.1 Å². The minimum Gasteiger partial charge on any atom is -0.451 e. The molecule has 0 spiro atoms. The van der Waals surface area contributed by atoms with Crippen molar-refractivity contribution in [1.29, 1.82) is 0 Å². The molecule has 0 aromatic carbocycles. The van der Waals surface area contributed by atoms with Crippen LogP contribution in [0.1, 0.15) is 23.9 Å². The highest BCUT2D eigenvalue weighted by Crippen LogP contribution is 2.20. The zero-order valence-electron chi connectivity index (χ0n) is 9.64. The first kappa shape index (κ1) is 11.4. The van der Waals surface area contributed by atoms with E-state index >= 15 is 0 Å². The number of rotatable bonds is 4. The fourth-order valence-corrected chi connectivity index (χ4v) is 1.45. The van der Waals surface area contributed by atoms with E-state index in [9.17, 15) is 4.79 Å². The van der Waals surface area contributed by atoms with Gasteiger partial charge in [0, 0.05) is 24.5 Å². The van der Waals surface area contributed by atoms with Gasteiger partial charge in [-0.25, -0.2) is 0 Å². The zero-order valence-corrected chi connectivity index (χ0v) is 9.64. The van der Waals surface area contributed by atoms with E-state index in [1.54, 1.807) is 24.5 Å². The summed E-state index contributed by atoms with van der Waals surface area (Å²) in [5, 5.41) is 2.77. The highest BCUT2D eigenvalue weighted by atomic mass is 16.3. The number of hydrogen-bond donors (Lipinski definition) is 1. The van der Waals surface area contributed by atoms with Crippen LogP contribution in [0.2, 0.25) is 0 Å². The van der Waals surface area contributed by atoms with E-state index in [-0.39, 0.29) is 5.91 Å². The Balaban J connectivity index is 2.14. The lowest BCUT2D eigenvalue weighted by atomic mass is 10.2. The maximum atomic E-state index is 11.6. The predicted molar refractivity (Wildman–Crippen MR) is 64.6 cm³/mol. The third-order valence-corrected chi connectivity index (χ3v) is 2.31. The summed E-state index contributed by atoms with van der Waals surface area (Å²) in [6.07, 6.45) is 4.30. The van der Waals surface area contributed by atoms with Gasteiger partial charge in [-0.05, 0) is 30.7 Å². The first-order chi connectivity index (χ1) is 8.31. The summed E-state index contributed by atoms with van der Waals surface area (Å²) in [7, 11) is 0. The molecule has 1 amide bonds. The van der Waals surface area contributed by atoms with Gasteiger partial charge >= 0.3 is 0 Å². The van der Waals surface area contributed by atoms with Gasteiger partial charge in [-0.2, -0.15) is 0 Å². The second-order valence-corrected chi connectivity index (χ2v) is 3.66. The molecule has 0 saturated heterocycles. The smallest absolute Gasteiger partial charge is 0.287 e. The van der Waals surface area contributed by atoms with E-state index in [1.807, 2.05) is 19.1 Å². The van der Waals surface area contributed by atoms with E-state index in [2.05, 4.69) is 10.3 Å². The number of pyridine rings is 1. The van der Waals surface area contributed by atoms with Crippen molar-refractivity contribution in [3.8, 4) is 11.3 Å². The minimum atomic E-state index is -0.179. The lowest BCUT2D eigenvalue weighted by Gasteiger charge is -1.99. The highest BCUT2D eigenvalue weighted by molar-refractivity contribution is 5.92. The lowest BCUT2D eigenvalue weighted by Crippen LogP contribution is -2.23. The van der Waals surface area contributed by atoms with Crippen LogP contribution in [-0.4, -0.2) is 17.4 Å². The van der Waals surface area contributed by atoms with Crippen LogP contribution < -0.4 is 5.32 Å². The van der Waals surface area contributed by atoms with Crippen molar-refractivity contribution in [3.05, 3.63) is 42.4 Å². The SMILES string of the molecule is CCCNC(=O)c1ccc(-c2cccnc2)o1. The van der Waals surface area contributed by atoms with Gasteiger partial charge in [0.2, 0.25) is 0 Å². The number of nitrogens with one attached hydrogen (secondary N) is 1. The molecule has 88 valence electrons. The van der Waals surface area contributed by atoms with Crippen molar-refractivity contribution >= 4 is 5.91 Å². The van der Waals surface area contributed by atoms with Crippen LogP contribution in [0.5, 0.6) is 0 Å². The van der Waals surface area contributed by atoms with Gasteiger partial charge in [0.15, 0.2) is 5.76 Å². The molecule has 2 aromatic heterocycles. The van der Waals surface area contributed by atoms with E-state index in [4.69, 9.17) is 4.42 Å². The third kappa shape index (κ3) is 2.72. The fourth-order valence-electron chi connectivity index (χ4n) is 1.45. The molecule has 0 aliphatic heterocycles. The number of furan rings is 1. The number of carbonyl (C=O) groups is 1. The molecule has 2 heterocycles. The highest BCUT2D eigenvalue weighted by Gasteiger charge is 2.11. The van der Waals surface area contributed by atoms with Crippen molar-refractivity contribution in [1.82, 2.24) is 10.3 Å². The maximum absolute atomic E-state index is 11.6. The normalized spacial score (nSPS) is 10.2. The summed E-state index contributed by atoms with van der Waals surface area (Å²) < 4.78 is 5.48. The molecule has 0 atom stereocenters. The number of carbonyl (C=O) groups excluding carboxylic acids is 1. The van der Waals surface area contributed by atoms with Gasteiger partial charge in [-0.3, -0.25) is 9.78 Å². The van der Waals surface area contributed by atoms with Crippen molar-refractivity contribution in [3.63, 3.8) is 0 Å². The average molecular weight is 230 g/mol. The molecule has 0 radical (unpaired) electrons. The standard InChI is InChI=1S/C13H14N2O2/c1-2-7-15-13(16)12-6-5-11(17-12)10-4-3-8-14-9-10/h3-6,8-9H,2,7H2,1H3,(H,15,16). The van der Waals surface area contributed by atoms with E-state index in [1.165, 1.54) is 0 Å². The fraction of sp³-hybridized carbons (Fsp3) is 0.231. The van der Waals surface area contributed by atoms with Gasteiger partial charge in [-0.15, -0.1) is 0 Å². The number of amides is 1. The first-order valence-electron chi connectivity index (χ1n) is 5.59. The number of hydrogen-bond acceptors (Lipinski definition) is 3. The Morgan fingerprint density at radius 3 is 3.00 bits per heavy atom. The van der Waals surface area contributed by atoms with Crippen molar-refractivity contribution in [2.75, 3.05) is 6.54 Å². The van der Waals surface area contributed by atoms with Crippen LogP contribution >= 0.6 is 0 Å². The summed E-state index contributed by atoms with van der Waals surface area (Å²) in [6.45, 7) is 2.66. The Kier molecular flexibility index (Phi) is 3.55. The molecule has 0 fully saturated rings. The summed E-state index contributed by atoms with van der Waals surface area (Å²) >= 11 is 0. The van der Waals surface area contributed by atoms with Crippen LogP contribution in [0.4, 0.5) is 0 Å². The molecular formula is C13H14N2O2. The molecular weight excluding hydrogens is 216 g/mol. The second-order valence-electron chi connectivity index (χ2n) is 3.66. The maximum Gasteiger partial charge on any atom is 0.287 e. The Labute approximate surface area is 99.7 Å². The Bertz CT molecular complexity index is 491. The van der Waals surface area contributed by atoms with Gasteiger partial charge in [0.25, 0.3) is 5.91 Å². The Hall–Kier alpha value is -2.10. The predicted octanol–water partition coefficient (Wildman–Crippen LogP) is 2.48. The molecule has 2 aromatic rings. The molecule has 0 saturated carbocycles. The summed E-state index contributed by atoms with van der Waals surface area (Å²) in [4.78, 5) is 15.6. The number of aromatic nitrogens is 1. The van der Waals surface area contributed by atoms with Crippen LogP contribution in [0, 0.1) is 0 Å². The van der Waals surface area contributed by atoms with Crippen LogP contribution in [0.25, 0.3) is 11.3 Å². The third-order valence-electron chi connectivity index (χ3n) is 2.31. The van der Waals surface area contributed by atoms with Crippen LogP contribution in [0.3, 0.4) is 0 Å². The lowest BCUT2D eigenvalue weighted by molar-refractivity contribution is 0.0927. The minimum absolute atomic E-state index is 0.179. The summed E-state index contributed by atoms with van der Waals surface area (Å²) in [6, 6.07) is 7.17. The van der Waals surface area contributed by atoms with Crippen molar-refractivity contribution < 1.29 is 9.21 Å². The van der Waals surface area contributed by atoms with Crippen LogP contribution in [-0.2, 0) is 0 Å². The molecule has 4 heteroatoms. The van der Waals surface area contributed by atoms with E-state index < -0.39 is 0 Å². The Morgan fingerprint density at radius 2 is 2.29 bits per heavy atom. The van der Waals surface area contributed by atoms with Gasteiger partial charge in [-0.1, -0.05) is 6.92 Å². The van der Waals surface area contributed by atoms with Gasteiger partial charge in [0.1, 0.15) is 5.76 Å². The number of nitrogens with zero attached hydrogens (tertiary/aromatic N) is 1. The average Bonchev–Trinajstić information content (AvgIpc) is 2.86. The van der Waals surface area contributed by atoms with Gasteiger partial charge < -0.3 is 9.73 Å². The molecule has 0 bridgehead atoms. The molecule has 0 aliphatic rings. The second kappa shape index (κ2) is 5.30.